The molecule has 1 saturated heterocycles. The van der Waals surface area contributed by atoms with E-state index < -0.39 is 72.4 Å². The van der Waals surface area contributed by atoms with Crippen molar-refractivity contribution in [3.63, 3.8) is 0 Å². The van der Waals surface area contributed by atoms with Gasteiger partial charge in [-0.15, -0.1) is 0 Å². The van der Waals surface area contributed by atoms with E-state index in [1.54, 1.807) is 18.2 Å². The number of ether oxygens (including phenoxy) is 3. The molecule has 0 aromatic heterocycles. The van der Waals surface area contributed by atoms with Gasteiger partial charge in [-0.2, -0.15) is 5.26 Å². The van der Waals surface area contributed by atoms with Gasteiger partial charge >= 0.3 is 18.0 Å². The quantitative estimate of drug-likeness (QED) is 0.130. The fourth-order valence-corrected chi connectivity index (χ4v) is 6.46. The van der Waals surface area contributed by atoms with Gasteiger partial charge < -0.3 is 35.3 Å². The monoisotopic (exact) mass is 740 g/mol. The highest BCUT2D eigenvalue weighted by Crippen LogP contribution is 2.51. The van der Waals surface area contributed by atoms with Crippen LogP contribution in [0.1, 0.15) is 43.1 Å². The van der Waals surface area contributed by atoms with Gasteiger partial charge in [0.1, 0.15) is 23.5 Å². The molecule has 2 aliphatic rings. The lowest BCUT2D eigenvalue weighted by Gasteiger charge is -2.38. The van der Waals surface area contributed by atoms with E-state index in [0.717, 1.165) is 6.07 Å². The topological polar surface area (TPSA) is 176 Å². The second-order valence-corrected chi connectivity index (χ2v) is 13.8. The molecule has 1 heterocycles. The molecule has 0 spiro atoms. The Hall–Kier alpha value is -5.08. The number of nitrogens with zero attached hydrogens (tertiary/aromatic N) is 1. The van der Waals surface area contributed by atoms with Crippen molar-refractivity contribution in [3.8, 4) is 23.7 Å². The van der Waals surface area contributed by atoms with Gasteiger partial charge in [0.2, 0.25) is 12.7 Å². The SMILES string of the molecule is COc1cc(C(=O)OCOC(=O)NCC(=O)O)ccc1NC(=O)[C@@H]1NC(CC(C)(C)C)[C@](C#N)(c2ccc(Cl)cc2F)C1C1C#CC(Cl)=CC=C1. The number of carboxylic acids is 1. The molecule has 3 unspecified atom stereocenters. The Morgan fingerprint density at radius 1 is 1.14 bits per heavy atom. The van der Waals surface area contributed by atoms with Crippen LogP contribution in [0.2, 0.25) is 5.02 Å². The molecule has 268 valence electrons. The van der Waals surface area contributed by atoms with E-state index in [1.165, 1.54) is 37.4 Å². The number of anilines is 1. The first-order valence-electron chi connectivity index (χ1n) is 15.6. The van der Waals surface area contributed by atoms with Crippen LogP contribution in [-0.2, 0) is 24.5 Å². The van der Waals surface area contributed by atoms with E-state index >= 15 is 4.39 Å². The number of benzene rings is 2. The third-order valence-corrected chi connectivity index (χ3v) is 8.70. The van der Waals surface area contributed by atoms with E-state index in [2.05, 4.69) is 33.3 Å². The smallest absolute Gasteiger partial charge is 0.410 e. The number of allylic oxidation sites excluding steroid dienone is 4. The van der Waals surface area contributed by atoms with Crippen LogP contribution in [0.5, 0.6) is 5.75 Å². The Labute approximate surface area is 303 Å². The van der Waals surface area contributed by atoms with Crippen molar-refractivity contribution in [2.45, 2.75) is 44.7 Å². The summed E-state index contributed by atoms with van der Waals surface area (Å²) in [7, 11) is 1.32. The Bertz CT molecular complexity index is 1880. The number of amides is 2. The van der Waals surface area contributed by atoms with Gasteiger partial charge in [-0.3, -0.25) is 9.59 Å². The maximum atomic E-state index is 15.9. The average Bonchev–Trinajstić information content (AvgIpc) is 3.21. The highest BCUT2D eigenvalue weighted by molar-refractivity contribution is 6.32. The number of hydrogen-bond donors (Lipinski definition) is 4. The van der Waals surface area contributed by atoms with Crippen molar-refractivity contribution in [1.29, 1.82) is 5.26 Å². The number of nitriles is 1. The number of aliphatic carboxylic acids is 1. The highest BCUT2D eigenvalue weighted by Gasteiger charge is 2.61. The van der Waals surface area contributed by atoms with Gasteiger partial charge in [-0.1, -0.05) is 74.0 Å². The first-order chi connectivity index (χ1) is 24.1. The fourth-order valence-electron chi connectivity index (χ4n) is 6.18. The second kappa shape index (κ2) is 16.3. The van der Waals surface area contributed by atoms with Crippen LogP contribution in [0.25, 0.3) is 0 Å². The van der Waals surface area contributed by atoms with Gasteiger partial charge in [0, 0.05) is 28.5 Å². The van der Waals surface area contributed by atoms with Gasteiger partial charge in [-0.25, -0.2) is 14.0 Å². The van der Waals surface area contributed by atoms with Crippen LogP contribution in [0.3, 0.4) is 0 Å². The van der Waals surface area contributed by atoms with Crippen molar-refractivity contribution < 1.29 is 42.9 Å². The molecule has 1 aliphatic carbocycles. The number of halogens is 3. The standard InChI is InChI=1S/C36H35Cl2FN4O8/c1-35(2,3)16-28-36(18-40,24-12-11-23(38)15-25(24)39)30(20-6-5-7-22(37)10-8-20)31(43-28)32(46)42-26-13-9-21(14-27(26)49-4)33(47)50-19-51-34(48)41-17-29(44)45/h5-7,9,11-15,20,28,30-31,43H,16-17,19H2,1-4H3,(H,41,48)(H,42,46)(H,44,45)/t20?,28?,30?,31-,36+/m1/s1. The molecular formula is C36H35Cl2FN4O8. The number of carbonyl (C=O) groups is 4. The zero-order chi connectivity index (χ0) is 37.5. The second-order valence-electron chi connectivity index (χ2n) is 12.9. The molecule has 2 aromatic carbocycles. The van der Waals surface area contributed by atoms with Crippen LogP contribution in [0.4, 0.5) is 14.9 Å². The number of esters is 1. The van der Waals surface area contributed by atoms with Crippen molar-refractivity contribution in [1.82, 2.24) is 10.6 Å². The number of rotatable bonds is 11. The minimum atomic E-state index is -1.62. The summed E-state index contributed by atoms with van der Waals surface area (Å²) in [4.78, 5) is 49.0. The summed E-state index contributed by atoms with van der Waals surface area (Å²) in [5.41, 5.74) is -1.77. The minimum absolute atomic E-state index is 0.0218. The van der Waals surface area contributed by atoms with Crippen molar-refractivity contribution in [3.05, 3.63) is 81.6 Å². The maximum Gasteiger partial charge on any atom is 0.410 e. The van der Waals surface area contributed by atoms with Crippen LogP contribution < -0.4 is 20.7 Å². The molecule has 0 saturated carbocycles. The zero-order valence-corrected chi connectivity index (χ0v) is 29.5. The third-order valence-electron chi connectivity index (χ3n) is 8.24. The summed E-state index contributed by atoms with van der Waals surface area (Å²) in [6.45, 7) is 4.44. The number of alkyl carbamates (subject to hydrolysis) is 1. The summed E-state index contributed by atoms with van der Waals surface area (Å²) in [5.74, 6) is 0.837. The van der Waals surface area contributed by atoms with Gasteiger partial charge in [0.15, 0.2) is 0 Å². The lowest BCUT2D eigenvalue weighted by Crippen LogP contribution is -2.47. The number of carboxylic acid groups (broad SMARTS) is 1. The summed E-state index contributed by atoms with van der Waals surface area (Å²) < 4.78 is 30.9. The van der Waals surface area contributed by atoms with E-state index in [4.69, 9.17) is 37.8 Å². The molecule has 4 rings (SSSR count). The fraction of sp³-hybridized carbons (Fsp3) is 0.361. The zero-order valence-electron chi connectivity index (χ0n) is 28.0. The third kappa shape index (κ3) is 9.18. The number of methoxy groups -OCH3 is 1. The first kappa shape index (κ1) is 38.7. The summed E-state index contributed by atoms with van der Waals surface area (Å²) >= 11 is 12.3. The maximum absolute atomic E-state index is 15.9. The molecule has 15 heteroatoms. The predicted octanol–water partition coefficient (Wildman–Crippen LogP) is 5.52. The van der Waals surface area contributed by atoms with Gasteiger partial charge in [0.05, 0.1) is 35.5 Å². The van der Waals surface area contributed by atoms with E-state index in [1.807, 2.05) is 26.1 Å². The number of carbonyl (C=O) groups excluding carboxylic acids is 3. The molecule has 2 amide bonds. The molecule has 0 bridgehead atoms. The molecule has 4 N–H and O–H groups in total. The first-order valence-corrected chi connectivity index (χ1v) is 16.3. The predicted molar refractivity (Wildman–Crippen MR) is 185 cm³/mol. The lowest BCUT2D eigenvalue weighted by molar-refractivity contribution is -0.136. The van der Waals surface area contributed by atoms with E-state index in [-0.39, 0.29) is 38.0 Å². The molecule has 1 fully saturated rings. The Morgan fingerprint density at radius 2 is 1.88 bits per heavy atom. The summed E-state index contributed by atoms with van der Waals surface area (Å²) in [6.07, 6.45) is 4.26. The Balaban J connectivity index is 1.69. The number of hydrogen-bond acceptors (Lipinski definition) is 9. The van der Waals surface area contributed by atoms with Crippen molar-refractivity contribution in [2.75, 3.05) is 25.8 Å². The normalized spacial score (nSPS) is 22.3. The van der Waals surface area contributed by atoms with Gasteiger partial charge in [-0.05, 0) is 48.2 Å². The molecule has 1 aliphatic heterocycles. The van der Waals surface area contributed by atoms with Crippen LogP contribution in [-0.4, -0.2) is 61.6 Å². The van der Waals surface area contributed by atoms with Crippen LogP contribution in [0.15, 0.2) is 59.7 Å². The van der Waals surface area contributed by atoms with Crippen LogP contribution >= 0.6 is 23.2 Å². The molecule has 12 nitrogen and oxygen atoms in total. The minimum Gasteiger partial charge on any atom is -0.495 e. The number of nitrogens with one attached hydrogen (secondary N) is 3. The van der Waals surface area contributed by atoms with Crippen molar-refractivity contribution >= 4 is 52.8 Å². The van der Waals surface area contributed by atoms with Gasteiger partial charge in [0.25, 0.3) is 0 Å². The Morgan fingerprint density at radius 3 is 2.53 bits per heavy atom. The lowest BCUT2D eigenvalue weighted by atomic mass is 9.61. The Kier molecular flexibility index (Phi) is 12.4. The van der Waals surface area contributed by atoms with E-state index in [0.29, 0.717) is 6.42 Å². The summed E-state index contributed by atoms with van der Waals surface area (Å²) in [5, 5.41) is 28.2. The molecule has 2 aromatic rings. The highest BCUT2D eigenvalue weighted by atomic mass is 35.5. The van der Waals surface area contributed by atoms with E-state index in [9.17, 15) is 24.4 Å². The molecule has 51 heavy (non-hydrogen) atoms. The van der Waals surface area contributed by atoms with Crippen molar-refractivity contribution in [2.24, 2.45) is 17.3 Å². The largest absolute Gasteiger partial charge is 0.495 e. The summed E-state index contributed by atoms with van der Waals surface area (Å²) in [6, 6.07) is 8.72. The molecule has 5 atom stereocenters. The average molecular weight is 742 g/mol. The molecule has 0 radical (unpaired) electrons. The molecular weight excluding hydrogens is 706 g/mol. The van der Waals surface area contributed by atoms with Crippen LogP contribution in [0, 0.1) is 46.2 Å².